The van der Waals surface area contributed by atoms with Crippen LogP contribution in [0.25, 0.3) is 0 Å². The average Bonchev–Trinajstić information content (AvgIpc) is 3.37. The average molecular weight is 461 g/mol. The van der Waals surface area contributed by atoms with Gasteiger partial charge in [-0.3, -0.25) is 19.6 Å². The molecule has 0 spiro atoms. The van der Waals surface area contributed by atoms with Crippen molar-refractivity contribution >= 4 is 27.3 Å². The van der Waals surface area contributed by atoms with Gasteiger partial charge in [0.1, 0.15) is 17.2 Å². The summed E-state index contributed by atoms with van der Waals surface area (Å²) in [4.78, 5) is 29.2. The Morgan fingerprint density at radius 2 is 2.06 bits per heavy atom. The number of fused-ring (bicyclic) bond motifs is 1. The molecule has 9 nitrogen and oxygen atoms in total. The van der Waals surface area contributed by atoms with E-state index in [2.05, 4.69) is 31.0 Å². The maximum absolute atomic E-state index is 13.3. The molecule has 1 aromatic heterocycles. The number of benzene rings is 1. The highest BCUT2D eigenvalue weighted by Crippen LogP contribution is 2.38. The second kappa shape index (κ2) is 7.91. The minimum absolute atomic E-state index is 0.102. The molecule has 1 aromatic carbocycles. The summed E-state index contributed by atoms with van der Waals surface area (Å²) in [5.41, 5.74) is 1.90. The summed E-state index contributed by atoms with van der Waals surface area (Å²) in [6, 6.07) is 5.28. The molecule has 0 aliphatic carbocycles. The Hall–Kier alpha value is -2.88. The van der Waals surface area contributed by atoms with Gasteiger partial charge in [-0.2, -0.15) is 5.10 Å². The van der Waals surface area contributed by atoms with Crippen molar-refractivity contribution in [3.63, 3.8) is 0 Å². The van der Waals surface area contributed by atoms with Gasteiger partial charge in [-0.15, -0.1) is 0 Å². The van der Waals surface area contributed by atoms with Gasteiger partial charge in [-0.1, -0.05) is 26.8 Å². The molecule has 1 N–H and O–H groups in total. The molecule has 2 aliphatic rings. The first-order valence-electron chi connectivity index (χ1n) is 10.6. The topological polar surface area (TPSA) is 113 Å². The fourth-order valence-corrected chi connectivity index (χ4v) is 5.08. The van der Waals surface area contributed by atoms with E-state index in [0.717, 1.165) is 18.2 Å². The van der Waals surface area contributed by atoms with E-state index in [0.29, 0.717) is 30.1 Å². The minimum atomic E-state index is -3.48. The van der Waals surface area contributed by atoms with Crippen molar-refractivity contribution in [1.29, 1.82) is 0 Å². The predicted octanol–water partition coefficient (Wildman–Crippen LogP) is 2.20. The number of carbonyl (C=O) groups is 2. The lowest BCUT2D eigenvalue weighted by Gasteiger charge is -2.33. The van der Waals surface area contributed by atoms with Crippen LogP contribution in [0.1, 0.15) is 50.9 Å². The molecule has 0 radical (unpaired) electrons. The van der Waals surface area contributed by atoms with Gasteiger partial charge in [-0.25, -0.2) is 8.42 Å². The van der Waals surface area contributed by atoms with Crippen molar-refractivity contribution in [3.8, 4) is 5.75 Å². The lowest BCUT2D eigenvalue weighted by molar-refractivity contribution is -0.132. The van der Waals surface area contributed by atoms with E-state index in [9.17, 15) is 18.0 Å². The fraction of sp³-hybridized carbons (Fsp3) is 0.500. The molecule has 1 atom stereocenters. The summed E-state index contributed by atoms with van der Waals surface area (Å²) in [6.45, 7) is 6.45. The number of carbonyl (C=O) groups excluding carboxylic acids is 2. The van der Waals surface area contributed by atoms with Crippen molar-refractivity contribution in [2.75, 3.05) is 30.9 Å². The van der Waals surface area contributed by atoms with Crippen LogP contribution in [0.4, 0.5) is 5.69 Å². The first-order chi connectivity index (χ1) is 15.0. The Bertz CT molecular complexity index is 1170. The Morgan fingerprint density at radius 1 is 1.31 bits per heavy atom. The van der Waals surface area contributed by atoms with Crippen molar-refractivity contribution in [3.05, 3.63) is 35.7 Å². The van der Waals surface area contributed by atoms with Crippen molar-refractivity contribution in [2.45, 2.75) is 50.0 Å². The maximum atomic E-state index is 13.3. The highest BCUT2D eigenvalue weighted by molar-refractivity contribution is 7.90. The molecule has 2 aromatic rings. The van der Waals surface area contributed by atoms with Crippen molar-refractivity contribution in [1.82, 2.24) is 15.1 Å². The monoisotopic (exact) mass is 460 g/mol. The second-order valence-corrected chi connectivity index (χ2v) is 11.4. The van der Waals surface area contributed by atoms with Gasteiger partial charge in [0, 0.05) is 12.8 Å². The zero-order valence-corrected chi connectivity index (χ0v) is 19.5. The maximum Gasteiger partial charge on any atom is 0.265 e. The highest BCUT2D eigenvalue weighted by atomic mass is 32.2. The number of aromatic nitrogens is 2. The van der Waals surface area contributed by atoms with Crippen LogP contribution in [-0.4, -0.2) is 61.3 Å². The van der Waals surface area contributed by atoms with Crippen LogP contribution in [0.15, 0.2) is 29.3 Å². The lowest BCUT2D eigenvalue weighted by Crippen LogP contribution is -2.46. The van der Waals surface area contributed by atoms with Crippen LogP contribution in [0.5, 0.6) is 5.75 Å². The van der Waals surface area contributed by atoms with E-state index >= 15 is 0 Å². The molecule has 3 heterocycles. The van der Waals surface area contributed by atoms with E-state index in [-0.39, 0.29) is 35.3 Å². The van der Waals surface area contributed by atoms with Gasteiger partial charge < -0.3 is 9.64 Å². The molecule has 10 heteroatoms. The third kappa shape index (κ3) is 4.11. The second-order valence-electron chi connectivity index (χ2n) is 9.37. The van der Waals surface area contributed by atoms with Crippen molar-refractivity contribution < 1.29 is 22.7 Å². The summed E-state index contributed by atoms with van der Waals surface area (Å²) in [7, 11) is -3.48. The zero-order chi connectivity index (χ0) is 23.3. The molecule has 32 heavy (non-hydrogen) atoms. The predicted molar refractivity (Wildman–Crippen MR) is 118 cm³/mol. The number of H-pyrrole nitrogens is 1. The largest absolute Gasteiger partial charge is 0.482 e. The molecule has 1 saturated heterocycles. The van der Waals surface area contributed by atoms with Gasteiger partial charge in [0.15, 0.2) is 16.4 Å². The molecule has 172 valence electrons. The molecule has 1 fully saturated rings. The van der Waals surface area contributed by atoms with Gasteiger partial charge in [-0.05, 0) is 36.0 Å². The van der Waals surface area contributed by atoms with Crippen LogP contribution < -0.4 is 9.64 Å². The standard InChI is InChI=1S/C22H28N4O5S/c1-22(2,3)14-7-8-17-16(10-14)26(20(28)13-31-17)12-19(27)25-9-5-6-15(25)21-18(11-23-24-21)32(4,29)30/h7-8,10-11,15H,5-6,9,12-13H2,1-4H3,(H,23,24). The number of aromatic amines is 1. The van der Waals surface area contributed by atoms with E-state index in [4.69, 9.17) is 4.74 Å². The smallest absolute Gasteiger partial charge is 0.265 e. The summed E-state index contributed by atoms with van der Waals surface area (Å²) >= 11 is 0. The van der Waals surface area contributed by atoms with E-state index in [1.807, 2.05) is 18.2 Å². The summed E-state index contributed by atoms with van der Waals surface area (Å²) in [6.07, 6.45) is 3.76. The lowest BCUT2D eigenvalue weighted by atomic mass is 9.86. The van der Waals surface area contributed by atoms with Crippen LogP contribution in [0.2, 0.25) is 0 Å². The number of hydrogen-bond donors (Lipinski definition) is 1. The number of anilines is 1. The van der Waals surface area contributed by atoms with Gasteiger partial charge in [0.05, 0.1) is 23.6 Å². The summed E-state index contributed by atoms with van der Waals surface area (Å²) in [5, 5.41) is 6.66. The molecule has 2 aliphatic heterocycles. The molecule has 2 amide bonds. The van der Waals surface area contributed by atoms with Gasteiger partial charge in [0.2, 0.25) is 5.91 Å². The fourth-order valence-electron chi connectivity index (χ4n) is 4.25. The third-order valence-electron chi connectivity index (χ3n) is 6.00. The molecular formula is C22H28N4O5S. The zero-order valence-electron chi connectivity index (χ0n) is 18.7. The van der Waals surface area contributed by atoms with Crippen LogP contribution in [0, 0.1) is 0 Å². The molecule has 4 rings (SSSR count). The molecule has 1 unspecified atom stereocenters. The summed E-state index contributed by atoms with van der Waals surface area (Å²) in [5.74, 6) is 0.0336. The SMILES string of the molecule is CC(C)(C)c1ccc2c(c1)N(CC(=O)N1CCCC1c1[nH]ncc1S(C)(=O)=O)C(=O)CO2. The first kappa shape index (κ1) is 22.3. The van der Waals surface area contributed by atoms with Crippen LogP contribution in [0.3, 0.4) is 0 Å². The third-order valence-corrected chi connectivity index (χ3v) is 7.12. The number of rotatable bonds is 4. The van der Waals surface area contributed by atoms with Crippen molar-refractivity contribution in [2.24, 2.45) is 0 Å². The number of sulfone groups is 1. The highest BCUT2D eigenvalue weighted by Gasteiger charge is 2.37. The Morgan fingerprint density at radius 3 is 2.75 bits per heavy atom. The van der Waals surface area contributed by atoms with E-state index in [1.54, 1.807) is 4.90 Å². The minimum Gasteiger partial charge on any atom is -0.482 e. The van der Waals surface area contributed by atoms with E-state index in [1.165, 1.54) is 11.1 Å². The molecule has 0 saturated carbocycles. The summed E-state index contributed by atoms with van der Waals surface area (Å²) < 4.78 is 29.8. The number of nitrogens with zero attached hydrogens (tertiary/aromatic N) is 3. The van der Waals surface area contributed by atoms with Crippen LogP contribution in [-0.2, 0) is 24.8 Å². The van der Waals surface area contributed by atoms with Gasteiger partial charge >= 0.3 is 0 Å². The number of amides is 2. The Labute approximate surface area is 187 Å². The van der Waals surface area contributed by atoms with Crippen LogP contribution >= 0.6 is 0 Å². The molecule has 0 bridgehead atoms. The first-order valence-corrected chi connectivity index (χ1v) is 12.5. The Balaban J connectivity index is 1.62. The number of ether oxygens (including phenoxy) is 1. The Kier molecular flexibility index (Phi) is 5.52. The number of nitrogens with one attached hydrogen (secondary N) is 1. The van der Waals surface area contributed by atoms with Gasteiger partial charge in [0.25, 0.3) is 5.91 Å². The van der Waals surface area contributed by atoms with E-state index < -0.39 is 15.9 Å². The normalized spacial score (nSPS) is 19.1. The number of hydrogen-bond acceptors (Lipinski definition) is 6. The quantitative estimate of drug-likeness (QED) is 0.749. The number of likely N-dealkylation sites (tertiary alicyclic amines) is 1. The molecular weight excluding hydrogens is 432 g/mol.